The number of nitrogens with one attached hydrogen (secondary N) is 1. The molecule has 2 rings (SSSR count). The zero-order chi connectivity index (χ0) is 14.4. The van der Waals surface area contributed by atoms with Gasteiger partial charge in [0, 0.05) is 5.56 Å². The zero-order valence-electron chi connectivity index (χ0n) is 10.6. The molecule has 102 valence electrons. The molecule has 0 aromatic heterocycles. The number of aromatic hydroxyl groups is 1. The third-order valence-corrected chi connectivity index (χ3v) is 2.68. The van der Waals surface area contributed by atoms with Crippen LogP contribution in [-0.2, 0) is 4.79 Å². The predicted molar refractivity (Wildman–Crippen MR) is 75.2 cm³/mol. The number of hydrogen-bond donors (Lipinski definition) is 3. The number of hydrogen-bond acceptors (Lipinski definition) is 4. The van der Waals surface area contributed by atoms with E-state index in [4.69, 9.17) is 0 Å². The maximum Gasteiger partial charge on any atom is 0.273 e. The fourth-order valence-electron chi connectivity index (χ4n) is 1.61. The average molecular weight is 270 g/mol. The third kappa shape index (κ3) is 3.43. The van der Waals surface area contributed by atoms with Crippen molar-refractivity contribution in [1.82, 2.24) is 5.43 Å². The highest BCUT2D eigenvalue weighted by Crippen LogP contribution is 2.13. The van der Waals surface area contributed by atoms with Crippen LogP contribution in [0.1, 0.15) is 17.2 Å². The van der Waals surface area contributed by atoms with Gasteiger partial charge in [-0.05, 0) is 17.7 Å². The molecule has 5 heteroatoms. The molecule has 0 fully saturated rings. The molecule has 1 atom stereocenters. The molecular formula is C15H14N2O3. The minimum Gasteiger partial charge on any atom is -0.507 e. The summed E-state index contributed by atoms with van der Waals surface area (Å²) < 4.78 is 0. The van der Waals surface area contributed by atoms with E-state index in [1.807, 2.05) is 0 Å². The van der Waals surface area contributed by atoms with Gasteiger partial charge in [0.05, 0.1) is 6.21 Å². The van der Waals surface area contributed by atoms with Crippen molar-refractivity contribution in [2.24, 2.45) is 5.10 Å². The largest absolute Gasteiger partial charge is 0.507 e. The second-order valence-corrected chi connectivity index (χ2v) is 4.11. The summed E-state index contributed by atoms with van der Waals surface area (Å²) in [4.78, 5) is 11.7. The van der Waals surface area contributed by atoms with E-state index in [9.17, 15) is 15.0 Å². The predicted octanol–water partition coefficient (Wildman–Crippen LogP) is 1.58. The number of amides is 1. The lowest BCUT2D eigenvalue weighted by Crippen LogP contribution is -2.25. The third-order valence-electron chi connectivity index (χ3n) is 2.68. The molecule has 0 aliphatic heterocycles. The molecule has 0 aliphatic rings. The number of benzene rings is 2. The number of phenolic OH excluding ortho intramolecular Hbond substituents is 1. The Morgan fingerprint density at radius 2 is 1.75 bits per heavy atom. The van der Waals surface area contributed by atoms with Gasteiger partial charge < -0.3 is 10.2 Å². The van der Waals surface area contributed by atoms with E-state index in [0.717, 1.165) is 0 Å². The van der Waals surface area contributed by atoms with E-state index in [1.165, 1.54) is 12.3 Å². The molecule has 0 unspecified atom stereocenters. The molecule has 0 saturated carbocycles. The van der Waals surface area contributed by atoms with Gasteiger partial charge in [0.1, 0.15) is 5.75 Å². The van der Waals surface area contributed by atoms with Crippen LogP contribution in [0.5, 0.6) is 5.75 Å². The van der Waals surface area contributed by atoms with Gasteiger partial charge in [-0.15, -0.1) is 0 Å². The van der Waals surface area contributed by atoms with Crippen LogP contribution in [0, 0.1) is 0 Å². The summed E-state index contributed by atoms with van der Waals surface area (Å²) in [5.41, 5.74) is 3.19. The van der Waals surface area contributed by atoms with Gasteiger partial charge in [0.15, 0.2) is 6.10 Å². The van der Waals surface area contributed by atoms with Crippen molar-refractivity contribution in [3.05, 3.63) is 65.7 Å². The minimum absolute atomic E-state index is 0.0640. The first kappa shape index (κ1) is 13.8. The highest BCUT2D eigenvalue weighted by Gasteiger charge is 2.15. The number of nitrogens with zero attached hydrogens (tertiary/aromatic N) is 1. The van der Waals surface area contributed by atoms with Gasteiger partial charge in [-0.2, -0.15) is 5.10 Å². The topological polar surface area (TPSA) is 81.9 Å². The number of para-hydroxylation sites is 1. The second-order valence-electron chi connectivity index (χ2n) is 4.11. The van der Waals surface area contributed by atoms with E-state index in [1.54, 1.807) is 48.5 Å². The number of aliphatic hydroxyl groups is 1. The van der Waals surface area contributed by atoms with Crippen LogP contribution >= 0.6 is 0 Å². The van der Waals surface area contributed by atoms with Crippen LogP contribution in [0.2, 0.25) is 0 Å². The van der Waals surface area contributed by atoms with Gasteiger partial charge in [0.25, 0.3) is 5.91 Å². The van der Waals surface area contributed by atoms with E-state index in [2.05, 4.69) is 10.5 Å². The Labute approximate surface area is 116 Å². The molecule has 3 N–H and O–H groups in total. The molecule has 5 nitrogen and oxygen atoms in total. The lowest BCUT2D eigenvalue weighted by Gasteiger charge is -2.08. The second kappa shape index (κ2) is 6.49. The number of carbonyl (C=O) groups is 1. The van der Waals surface area contributed by atoms with Crippen molar-refractivity contribution < 1.29 is 15.0 Å². The van der Waals surface area contributed by atoms with Crippen molar-refractivity contribution in [2.75, 3.05) is 0 Å². The van der Waals surface area contributed by atoms with Crippen LogP contribution in [0.3, 0.4) is 0 Å². The minimum atomic E-state index is -1.28. The molecule has 0 saturated heterocycles. The van der Waals surface area contributed by atoms with E-state index in [-0.39, 0.29) is 5.75 Å². The smallest absolute Gasteiger partial charge is 0.273 e. The Hall–Kier alpha value is -2.66. The van der Waals surface area contributed by atoms with Crippen LogP contribution in [-0.4, -0.2) is 22.3 Å². The molecule has 20 heavy (non-hydrogen) atoms. The molecule has 2 aromatic carbocycles. The Kier molecular flexibility index (Phi) is 4.47. The average Bonchev–Trinajstić information content (AvgIpc) is 2.49. The van der Waals surface area contributed by atoms with Gasteiger partial charge in [0.2, 0.25) is 0 Å². The van der Waals surface area contributed by atoms with Crippen molar-refractivity contribution >= 4 is 12.1 Å². The fourth-order valence-corrected chi connectivity index (χ4v) is 1.61. The summed E-state index contributed by atoms with van der Waals surface area (Å²) in [7, 11) is 0. The lowest BCUT2D eigenvalue weighted by atomic mass is 10.1. The molecular weight excluding hydrogens is 256 g/mol. The number of aliphatic hydroxyl groups excluding tert-OH is 1. The molecule has 2 aromatic rings. The zero-order valence-corrected chi connectivity index (χ0v) is 10.6. The summed E-state index contributed by atoms with van der Waals surface area (Å²) in [5.74, 6) is -0.572. The van der Waals surface area contributed by atoms with Crippen LogP contribution < -0.4 is 5.43 Å². The maximum atomic E-state index is 11.7. The van der Waals surface area contributed by atoms with Gasteiger partial charge in [-0.25, -0.2) is 5.43 Å². The van der Waals surface area contributed by atoms with E-state index in [0.29, 0.717) is 11.1 Å². The Morgan fingerprint density at radius 3 is 2.45 bits per heavy atom. The van der Waals surface area contributed by atoms with Crippen molar-refractivity contribution in [1.29, 1.82) is 0 Å². The van der Waals surface area contributed by atoms with Crippen molar-refractivity contribution in [2.45, 2.75) is 6.10 Å². The molecule has 0 bridgehead atoms. The number of phenols is 1. The fraction of sp³-hybridized carbons (Fsp3) is 0.0667. The highest BCUT2D eigenvalue weighted by molar-refractivity contribution is 5.86. The van der Waals surface area contributed by atoms with E-state index >= 15 is 0 Å². The van der Waals surface area contributed by atoms with Crippen LogP contribution in [0.15, 0.2) is 59.7 Å². The number of rotatable bonds is 4. The summed E-state index contributed by atoms with van der Waals surface area (Å²) in [5, 5.41) is 23.0. The number of carbonyl (C=O) groups excluding carboxylic acids is 1. The quantitative estimate of drug-likeness (QED) is 0.582. The van der Waals surface area contributed by atoms with Gasteiger partial charge >= 0.3 is 0 Å². The molecule has 0 heterocycles. The first-order valence-electron chi connectivity index (χ1n) is 6.02. The Balaban J connectivity index is 1.97. The SMILES string of the molecule is O=C(N/N=C\c1ccccc1O)[C@H](O)c1ccccc1. The van der Waals surface area contributed by atoms with Crippen LogP contribution in [0.4, 0.5) is 0 Å². The number of hydrazone groups is 1. The molecule has 0 aliphatic carbocycles. The maximum absolute atomic E-state index is 11.7. The monoisotopic (exact) mass is 270 g/mol. The summed E-state index contributed by atoms with van der Waals surface area (Å²) in [6.07, 6.45) is 0.0306. The first-order chi connectivity index (χ1) is 9.68. The normalized spacial score (nSPS) is 12.2. The van der Waals surface area contributed by atoms with E-state index < -0.39 is 12.0 Å². The molecule has 1 amide bonds. The molecule has 0 radical (unpaired) electrons. The van der Waals surface area contributed by atoms with Crippen molar-refractivity contribution in [3.8, 4) is 5.75 Å². The highest BCUT2D eigenvalue weighted by atomic mass is 16.3. The molecule has 0 spiro atoms. The summed E-state index contributed by atoms with van der Waals surface area (Å²) in [6.45, 7) is 0. The summed E-state index contributed by atoms with van der Waals surface area (Å²) >= 11 is 0. The van der Waals surface area contributed by atoms with Gasteiger partial charge in [-0.1, -0.05) is 42.5 Å². The Morgan fingerprint density at radius 1 is 1.10 bits per heavy atom. The van der Waals surface area contributed by atoms with Gasteiger partial charge in [-0.3, -0.25) is 4.79 Å². The standard InChI is InChI=1S/C15H14N2O3/c18-13-9-5-4-8-12(13)10-16-17-15(20)14(19)11-6-2-1-3-7-11/h1-10,14,18-19H,(H,17,20)/b16-10-/t14-/m1/s1. The summed E-state index contributed by atoms with van der Waals surface area (Å²) in [6, 6.07) is 15.2. The Bertz CT molecular complexity index is 612. The van der Waals surface area contributed by atoms with Crippen molar-refractivity contribution in [3.63, 3.8) is 0 Å². The first-order valence-corrected chi connectivity index (χ1v) is 6.02. The lowest BCUT2D eigenvalue weighted by molar-refractivity contribution is -0.129. The van der Waals surface area contributed by atoms with Crippen LogP contribution in [0.25, 0.3) is 0 Å².